The zero-order valence-corrected chi connectivity index (χ0v) is 17.8. The molecule has 0 radical (unpaired) electrons. The molecule has 0 aliphatic carbocycles. The molecule has 0 unspecified atom stereocenters. The number of rotatable bonds is 7. The van der Waals surface area contributed by atoms with Crippen LogP contribution >= 0.6 is 0 Å². The predicted octanol–water partition coefficient (Wildman–Crippen LogP) is 3.33. The van der Waals surface area contributed by atoms with Gasteiger partial charge in [-0.2, -0.15) is 0 Å². The topological polar surface area (TPSA) is 87.4 Å². The lowest BCUT2D eigenvalue weighted by Gasteiger charge is -2.32. The summed E-state index contributed by atoms with van der Waals surface area (Å²) in [5.74, 6) is 1.31. The molecule has 1 fully saturated rings. The number of hydrogen-bond acceptors (Lipinski definition) is 5. The summed E-state index contributed by atoms with van der Waals surface area (Å²) in [7, 11) is 3.07. The second kappa shape index (κ2) is 9.22. The van der Waals surface area contributed by atoms with Gasteiger partial charge in [0.15, 0.2) is 11.5 Å². The van der Waals surface area contributed by atoms with Crippen molar-refractivity contribution in [2.75, 3.05) is 27.3 Å². The zero-order chi connectivity index (χ0) is 21.8. The summed E-state index contributed by atoms with van der Waals surface area (Å²) in [6, 6.07) is 15.6. The van der Waals surface area contributed by atoms with Crippen molar-refractivity contribution in [2.24, 2.45) is 0 Å². The van der Waals surface area contributed by atoms with E-state index in [-0.39, 0.29) is 11.5 Å². The molecule has 4 rings (SSSR count). The fourth-order valence-corrected chi connectivity index (χ4v) is 4.23. The number of ketones is 1. The number of methoxy groups -OCH3 is 2. The first kappa shape index (κ1) is 20.9. The fraction of sp³-hybridized carbons (Fsp3) is 0.333. The number of benzene rings is 2. The van der Waals surface area contributed by atoms with Crippen molar-refractivity contribution < 1.29 is 14.3 Å². The van der Waals surface area contributed by atoms with E-state index in [2.05, 4.69) is 39.1 Å². The molecule has 7 heteroatoms. The van der Waals surface area contributed by atoms with Crippen molar-refractivity contribution >= 4 is 5.78 Å². The van der Waals surface area contributed by atoms with Gasteiger partial charge in [-0.05, 0) is 55.6 Å². The van der Waals surface area contributed by atoms with Crippen molar-refractivity contribution in [2.45, 2.75) is 25.3 Å². The molecule has 2 N–H and O–H groups in total. The zero-order valence-electron chi connectivity index (χ0n) is 17.8. The van der Waals surface area contributed by atoms with Crippen LogP contribution in [0.3, 0.4) is 0 Å². The molecule has 162 valence electrons. The lowest BCUT2D eigenvalue weighted by atomic mass is 9.89. The number of hydrogen-bond donors (Lipinski definition) is 2. The Balaban J connectivity index is 1.48. The SMILES string of the molecule is COc1ccc(C(=O)c2[nH]c(=O)[nH]c2CN2CCC(c3ccccc3)CC2)cc1OC. The highest BCUT2D eigenvalue weighted by atomic mass is 16.5. The molecule has 0 atom stereocenters. The summed E-state index contributed by atoms with van der Waals surface area (Å²) in [5, 5.41) is 0. The summed E-state index contributed by atoms with van der Waals surface area (Å²) in [6.07, 6.45) is 2.11. The molecule has 7 nitrogen and oxygen atoms in total. The van der Waals surface area contributed by atoms with Crippen molar-refractivity contribution in [3.63, 3.8) is 0 Å². The minimum absolute atomic E-state index is 0.256. The first-order valence-corrected chi connectivity index (χ1v) is 10.4. The highest BCUT2D eigenvalue weighted by Crippen LogP contribution is 2.30. The van der Waals surface area contributed by atoms with E-state index in [4.69, 9.17) is 9.47 Å². The first-order chi connectivity index (χ1) is 15.1. The van der Waals surface area contributed by atoms with Crippen LogP contribution in [-0.2, 0) is 6.54 Å². The van der Waals surface area contributed by atoms with Crippen LogP contribution in [-0.4, -0.2) is 48.0 Å². The van der Waals surface area contributed by atoms with Crippen LogP contribution in [0.4, 0.5) is 0 Å². The Labute approximate surface area is 181 Å². The quantitative estimate of drug-likeness (QED) is 0.572. The number of nitrogens with one attached hydrogen (secondary N) is 2. The van der Waals surface area contributed by atoms with Crippen LogP contribution in [0.1, 0.15) is 46.1 Å². The molecule has 0 saturated carbocycles. The number of aromatic amines is 2. The molecule has 2 heterocycles. The number of ether oxygens (including phenoxy) is 2. The maximum atomic E-state index is 13.1. The summed E-state index contributed by atoms with van der Waals surface area (Å²) in [5.41, 5.74) is 2.34. The largest absolute Gasteiger partial charge is 0.493 e. The second-order valence-corrected chi connectivity index (χ2v) is 7.79. The Morgan fingerprint density at radius 2 is 1.71 bits per heavy atom. The molecule has 1 aliphatic heterocycles. The molecule has 0 spiro atoms. The molecular formula is C24H27N3O4. The van der Waals surface area contributed by atoms with E-state index >= 15 is 0 Å². The lowest BCUT2D eigenvalue weighted by Crippen LogP contribution is -2.33. The number of likely N-dealkylation sites (tertiary alicyclic amines) is 1. The summed E-state index contributed by atoms with van der Waals surface area (Å²) < 4.78 is 10.5. The third-order valence-corrected chi connectivity index (χ3v) is 5.92. The number of aromatic nitrogens is 2. The van der Waals surface area contributed by atoms with Crippen LogP contribution in [0, 0.1) is 0 Å². The van der Waals surface area contributed by atoms with Crippen molar-refractivity contribution in [1.29, 1.82) is 0 Å². The summed E-state index contributed by atoms with van der Waals surface area (Å²) >= 11 is 0. The highest BCUT2D eigenvalue weighted by Gasteiger charge is 2.24. The number of carbonyl (C=O) groups excluding carboxylic acids is 1. The summed E-state index contributed by atoms with van der Waals surface area (Å²) in [4.78, 5) is 32.9. The maximum absolute atomic E-state index is 13.1. The van der Waals surface area contributed by atoms with Gasteiger partial charge in [0.05, 0.1) is 19.9 Å². The fourth-order valence-electron chi connectivity index (χ4n) is 4.23. The van der Waals surface area contributed by atoms with E-state index < -0.39 is 0 Å². The Bertz CT molecular complexity index is 1100. The van der Waals surface area contributed by atoms with Crippen LogP contribution in [0.5, 0.6) is 11.5 Å². The third kappa shape index (κ3) is 4.56. The van der Waals surface area contributed by atoms with Crippen molar-refractivity contribution in [3.05, 3.63) is 81.5 Å². The van der Waals surface area contributed by atoms with E-state index in [1.165, 1.54) is 12.7 Å². The number of H-pyrrole nitrogens is 2. The monoisotopic (exact) mass is 421 g/mol. The minimum atomic E-state index is -0.377. The normalized spacial score (nSPS) is 15.0. The molecule has 31 heavy (non-hydrogen) atoms. The number of imidazole rings is 1. The summed E-state index contributed by atoms with van der Waals surface area (Å²) in [6.45, 7) is 2.35. The van der Waals surface area contributed by atoms with Gasteiger partial charge in [0.1, 0.15) is 5.69 Å². The van der Waals surface area contributed by atoms with Gasteiger partial charge in [-0.3, -0.25) is 9.69 Å². The average Bonchev–Trinajstić information content (AvgIpc) is 3.19. The Kier molecular flexibility index (Phi) is 6.23. The Hall–Kier alpha value is -3.32. The molecule has 1 aliphatic rings. The molecule has 1 aromatic heterocycles. The van der Waals surface area contributed by atoms with Gasteiger partial charge in [0.25, 0.3) is 0 Å². The van der Waals surface area contributed by atoms with Gasteiger partial charge in [-0.15, -0.1) is 0 Å². The average molecular weight is 421 g/mol. The molecule has 2 aromatic carbocycles. The van der Waals surface area contributed by atoms with Crippen molar-refractivity contribution in [1.82, 2.24) is 14.9 Å². The Morgan fingerprint density at radius 1 is 1.00 bits per heavy atom. The van der Waals surface area contributed by atoms with Crippen LogP contribution in [0.2, 0.25) is 0 Å². The Morgan fingerprint density at radius 3 is 2.39 bits per heavy atom. The lowest BCUT2D eigenvalue weighted by molar-refractivity contribution is 0.103. The van der Waals surface area contributed by atoms with E-state index in [0.717, 1.165) is 25.9 Å². The van der Waals surface area contributed by atoms with Gasteiger partial charge in [0, 0.05) is 12.1 Å². The smallest absolute Gasteiger partial charge is 0.323 e. The molecule has 0 amide bonds. The van der Waals surface area contributed by atoms with Gasteiger partial charge in [0.2, 0.25) is 5.78 Å². The molecule has 3 aromatic rings. The minimum Gasteiger partial charge on any atom is -0.493 e. The number of carbonyl (C=O) groups is 1. The highest BCUT2D eigenvalue weighted by molar-refractivity contribution is 6.08. The van der Waals surface area contributed by atoms with Crippen LogP contribution in [0.15, 0.2) is 53.3 Å². The number of piperidine rings is 1. The van der Waals surface area contributed by atoms with Crippen LogP contribution < -0.4 is 15.2 Å². The maximum Gasteiger partial charge on any atom is 0.323 e. The van der Waals surface area contributed by atoms with E-state index in [1.54, 1.807) is 25.3 Å². The van der Waals surface area contributed by atoms with E-state index in [9.17, 15) is 9.59 Å². The predicted molar refractivity (Wildman–Crippen MR) is 118 cm³/mol. The van der Waals surface area contributed by atoms with Crippen molar-refractivity contribution in [3.8, 4) is 11.5 Å². The van der Waals surface area contributed by atoms with Crippen LogP contribution in [0.25, 0.3) is 0 Å². The van der Waals surface area contributed by atoms with E-state index in [0.29, 0.717) is 40.9 Å². The number of nitrogens with zero attached hydrogens (tertiary/aromatic N) is 1. The van der Waals surface area contributed by atoms with Gasteiger partial charge in [-0.25, -0.2) is 4.79 Å². The second-order valence-electron chi connectivity index (χ2n) is 7.79. The third-order valence-electron chi connectivity index (χ3n) is 5.92. The van der Waals surface area contributed by atoms with Gasteiger partial charge < -0.3 is 19.4 Å². The molecule has 0 bridgehead atoms. The molecular weight excluding hydrogens is 394 g/mol. The first-order valence-electron chi connectivity index (χ1n) is 10.4. The molecule has 1 saturated heterocycles. The van der Waals surface area contributed by atoms with E-state index in [1.807, 2.05) is 6.07 Å². The van der Waals surface area contributed by atoms with Gasteiger partial charge in [-0.1, -0.05) is 30.3 Å². The van der Waals surface area contributed by atoms with Gasteiger partial charge >= 0.3 is 5.69 Å². The standard InChI is InChI=1S/C24H27N3O4/c1-30-20-9-8-18(14-21(20)31-2)23(28)22-19(25-24(29)26-22)15-27-12-10-17(11-13-27)16-6-4-3-5-7-16/h3-9,14,17H,10-13,15H2,1-2H3,(H2,25,26,29).